The minimum Gasteiger partial charge on any atom is -0.481 e. The van der Waals surface area contributed by atoms with Crippen LogP contribution in [0.2, 0.25) is 0 Å². The van der Waals surface area contributed by atoms with Crippen molar-refractivity contribution in [2.45, 2.75) is 51.5 Å². The Labute approximate surface area is 109 Å². The molecule has 18 heavy (non-hydrogen) atoms. The zero-order chi connectivity index (χ0) is 13.5. The minimum atomic E-state index is -0.891. The van der Waals surface area contributed by atoms with E-state index in [0.717, 1.165) is 6.54 Å². The molecule has 0 heterocycles. The van der Waals surface area contributed by atoms with Crippen molar-refractivity contribution in [2.24, 2.45) is 5.92 Å². The smallest absolute Gasteiger partial charge is 0.317 e. The molecule has 1 aliphatic carbocycles. The number of aliphatic carboxylic acids is 1. The number of hydrogen-bond acceptors (Lipinski definition) is 2. The monoisotopic (exact) mass is 256 g/mol. The molecule has 2 amide bonds. The molecule has 0 aromatic rings. The summed E-state index contributed by atoms with van der Waals surface area (Å²) < 4.78 is 0. The number of nitrogens with zero attached hydrogens (tertiary/aromatic N) is 1. The van der Waals surface area contributed by atoms with Crippen LogP contribution in [0.25, 0.3) is 0 Å². The molecule has 1 atom stereocenters. The molecule has 0 radical (unpaired) electrons. The van der Waals surface area contributed by atoms with E-state index >= 15 is 0 Å². The Balaban J connectivity index is 2.29. The van der Waals surface area contributed by atoms with Crippen LogP contribution in [-0.2, 0) is 4.79 Å². The minimum absolute atomic E-state index is 0.0387. The van der Waals surface area contributed by atoms with Gasteiger partial charge in [-0.15, -0.1) is 0 Å². The molecule has 1 aliphatic rings. The predicted octanol–water partition coefficient (Wildman–Crippen LogP) is 2.07. The molecule has 5 heteroatoms. The molecule has 1 unspecified atom stereocenters. The SMILES string of the molecule is CC(CC(=O)O)NC(=O)N(C)CC1CCCCC1. The predicted molar refractivity (Wildman–Crippen MR) is 69.5 cm³/mol. The van der Waals surface area contributed by atoms with Crippen molar-refractivity contribution >= 4 is 12.0 Å². The van der Waals surface area contributed by atoms with Gasteiger partial charge in [0.15, 0.2) is 0 Å². The van der Waals surface area contributed by atoms with Gasteiger partial charge >= 0.3 is 12.0 Å². The normalized spacial score (nSPS) is 18.1. The average molecular weight is 256 g/mol. The van der Waals surface area contributed by atoms with E-state index in [9.17, 15) is 9.59 Å². The van der Waals surface area contributed by atoms with Gasteiger partial charge in [-0.25, -0.2) is 4.79 Å². The first-order valence-corrected chi connectivity index (χ1v) is 6.72. The van der Waals surface area contributed by atoms with E-state index in [1.807, 2.05) is 0 Å². The second-order valence-electron chi connectivity index (χ2n) is 5.33. The molecule has 0 aromatic heterocycles. The second-order valence-corrected chi connectivity index (χ2v) is 5.33. The van der Waals surface area contributed by atoms with Crippen LogP contribution < -0.4 is 5.32 Å². The van der Waals surface area contributed by atoms with Crippen LogP contribution in [0.1, 0.15) is 45.4 Å². The highest BCUT2D eigenvalue weighted by Crippen LogP contribution is 2.24. The van der Waals surface area contributed by atoms with E-state index in [-0.39, 0.29) is 18.5 Å². The van der Waals surface area contributed by atoms with Gasteiger partial charge in [-0.3, -0.25) is 4.79 Å². The van der Waals surface area contributed by atoms with Crippen LogP contribution in [0.3, 0.4) is 0 Å². The van der Waals surface area contributed by atoms with Gasteiger partial charge in [-0.2, -0.15) is 0 Å². The molecule has 0 bridgehead atoms. The molecule has 1 fully saturated rings. The van der Waals surface area contributed by atoms with Gasteiger partial charge in [-0.1, -0.05) is 19.3 Å². The lowest BCUT2D eigenvalue weighted by atomic mass is 9.89. The molecule has 0 saturated heterocycles. The van der Waals surface area contributed by atoms with Crippen molar-refractivity contribution in [3.8, 4) is 0 Å². The lowest BCUT2D eigenvalue weighted by molar-refractivity contribution is -0.137. The molecule has 0 aliphatic heterocycles. The number of hydrogen-bond donors (Lipinski definition) is 2. The van der Waals surface area contributed by atoms with E-state index in [1.54, 1.807) is 18.9 Å². The van der Waals surface area contributed by atoms with Crippen molar-refractivity contribution in [3.05, 3.63) is 0 Å². The van der Waals surface area contributed by atoms with E-state index in [4.69, 9.17) is 5.11 Å². The lowest BCUT2D eigenvalue weighted by Gasteiger charge is -2.28. The maximum atomic E-state index is 11.8. The quantitative estimate of drug-likeness (QED) is 0.791. The lowest BCUT2D eigenvalue weighted by Crippen LogP contribution is -2.44. The zero-order valence-corrected chi connectivity index (χ0v) is 11.3. The molecule has 0 spiro atoms. The number of carboxylic acid groups (broad SMARTS) is 1. The first-order valence-electron chi connectivity index (χ1n) is 6.72. The van der Waals surface area contributed by atoms with Crippen LogP contribution >= 0.6 is 0 Å². The molecule has 104 valence electrons. The number of nitrogens with one attached hydrogen (secondary N) is 1. The summed E-state index contributed by atoms with van der Waals surface area (Å²) in [5, 5.41) is 11.3. The number of carbonyl (C=O) groups is 2. The van der Waals surface area contributed by atoms with Crippen LogP contribution in [0.4, 0.5) is 4.79 Å². The fourth-order valence-corrected chi connectivity index (χ4v) is 2.47. The summed E-state index contributed by atoms with van der Waals surface area (Å²) in [6, 6.07) is -0.502. The van der Waals surface area contributed by atoms with E-state index in [1.165, 1.54) is 32.1 Å². The summed E-state index contributed by atoms with van der Waals surface area (Å²) in [5.41, 5.74) is 0. The summed E-state index contributed by atoms with van der Waals surface area (Å²) in [5.74, 6) is -0.290. The van der Waals surface area contributed by atoms with Crippen molar-refractivity contribution in [2.75, 3.05) is 13.6 Å². The summed E-state index contributed by atoms with van der Waals surface area (Å²) >= 11 is 0. The van der Waals surface area contributed by atoms with Crippen molar-refractivity contribution in [1.29, 1.82) is 0 Å². The van der Waals surface area contributed by atoms with Gasteiger partial charge in [0.2, 0.25) is 0 Å². The molecule has 1 saturated carbocycles. The highest BCUT2D eigenvalue weighted by Gasteiger charge is 2.19. The molecular weight excluding hydrogens is 232 g/mol. The first kappa shape index (κ1) is 14.8. The third kappa shape index (κ3) is 5.38. The number of carboxylic acids is 1. The highest BCUT2D eigenvalue weighted by molar-refractivity contribution is 5.75. The van der Waals surface area contributed by atoms with Crippen LogP contribution in [0, 0.1) is 5.92 Å². The number of rotatable bonds is 5. The third-order valence-corrected chi connectivity index (χ3v) is 3.45. The van der Waals surface area contributed by atoms with Gasteiger partial charge in [-0.05, 0) is 25.7 Å². The van der Waals surface area contributed by atoms with Gasteiger partial charge in [0, 0.05) is 19.6 Å². The van der Waals surface area contributed by atoms with E-state index in [2.05, 4.69) is 5.32 Å². The van der Waals surface area contributed by atoms with E-state index in [0.29, 0.717) is 5.92 Å². The third-order valence-electron chi connectivity index (χ3n) is 3.45. The standard InChI is InChI=1S/C13H24N2O3/c1-10(8-12(16)17)14-13(18)15(2)9-11-6-4-3-5-7-11/h10-11H,3-9H2,1-2H3,(H,14,18)(H,16,17). The van der Waals surface area contributed by atoms with Gasteiger partial charge < -0.3 is 15.3 Å². The summed E-state index contributed by atoms with van der Waals surface area (Å²) in [6.45, 7) is 2.48. The molecule has 0 aromatic carbocycles. The Kier molecular flexibility index (Phi) is 5.95. The van der Waals surface area contributed by atoms with Gasteiger partial charge in [0.05, 0.1) is 6.42 Å². The van der Waals surface area contributed by atoms with Crippen molar-refractivity contribution < 1.29 is 14.7 Å². The van der Waals surface area contributed by atoms with Crippen molar-refractivity contribution in [1.82, 2.24) is 10.2 Å². The fourth-order valence-electron chi connectivity index (χ4n) is 2.47. The molecule has 1 rings (SSSR count). The first-order chi connectivity index (χ1) is 8.49. The summed E-state index contributed by atoms with van der Waals surface area (Å²) in [4.78, 5) is 24.0. The molecular formula is C13H24N2O3. The van der Waals surface area contributed by atoms with Crippen LogP contribution in [0.15, 0.2) is 0 Å². The van der Waals surface area contributed by atoms with Crippen molar-refractivity contribution in [3.63, 3.8) is 0 Å². The maximum absolute atomic E-state index is 11.8. The summed E-state index contributed by atoms with van der Waals surface area (Å²) in [6.07, 6.45) is 6.18. The largest absolute Gasteiger partial charge is 0.481 e. The Bertz CT molecular complexity index is 288. The van der Waals surface area contributed by atoms with Crippen LogP contribution in [-0.4, -0.2) is 41.6 Å². The maximum Gasteiger partial charge on any atom is 0.317 e. The topological polar surface area (TPSA) is 69.6 Å². The number of urea groups is 1. The van der Waals surface area contributed by atoms with Gasteiger partial charge in [0.25, 0.3) is 0 Å². The Morgan fingerprint density at radius 2 is 1.94 bits per heavy atom. The summed E-state index contributed by atoms with van der Waals surface area (Å²) in [7, 11) is 1.78. The Morgan fingerprint density at radius 3 is 2.50 bits per heavy atom. The second kappa shape index (κ2) is 7.24. The van der Waals surface area contributed by atoms with E-state index < -0.39 is 5.97 Å². The Hall–Kier alpha value is -1.26. The number of amides is 2. The fraction of sp³-hybridized carbons (Fsp3) is 0.846. The highest BCUT2D eigenvalue weighted by atomic mass is 16.4. The zero-order valence-electron chi connectivity index (χ0n) is 11.3. The van der Waals surface area contributed by atoms with Crippen LogP contribution in [0.5, 0.6) is 0 Å². The van der Waals surface area contributed by atoms with Gasteiger partial charge in [0.1, 0.15) is 0 Å². The number of carbonyl (C=O) groups excluding carboxylic acids is 1. The Morgan fingerprint density at radius 1 is 1.33 bits per heavy atom. The molecule has 5 nitrogen and oxygen atoms in total. The average Bonchev–Trinajstić information content (AvgIpc) is 2.28. The molecule has 2 N–H and O–H groups in total.